The fraction of sp³-hybridized carbons (Fsp3) is 0.208. The van der Waals surface area contributed by atoms with Gasteiger partial charge in [-0.15, -0.1) is 0 Å². The lowest BCUT2D eigenvalue weighted by molar-refractivity contribution is 0.193. The summed E-state index contributed by atoms with van der Waals surface area (Å²) in [5, 5.41) is 2.72. The predicted octanol–water partition coefficient (Wildman–Crippen LogP) is 5.02. The van der Waals surface area contributed by atoms with Gasteiger partial charge in [0.15, 0.2) is 11.5 Å². The minimum absolute atomic E-state index is 0.160. The number of nitrogens with zero attached hydrogens (tertiary/aromatic N) is 1. The van der Waals surface area contributed by atoms with E-state index in [0.29, 0.717) is 24.5 Å². The Balaban J connectivity index is 1.76. The highest BCUT2D eigenvalue weighted by atomic mass is 19.1. The van der Waals surface area contributed by atoms with Gasteiger partial charge < -0.3 is 19.7 Å². The van der Waals surface area contributed by atoms with Crippen LogP contribution in [0.25, 0.3) is 0 Å². The highest BCUT2D eigenvalue weighted by Crippen LogP contribution is 2.41. The summed E-state index contributed by atoms with van der Waals surface area (Å²) in [4.78, 5) is 14.9. The van der Waals surface area contributed by atoms with Gasteiger partial charge in [0, 0.05) is 6.54 Å². The van der Waals surface area contributed by atoms with Gasteiger partial charge in [0.25, 0.3) is 0 Å². The molecule has 1 heterocycles. The van der Waals surface area contributed by atoms with E-state index in [2.05, 4.69) is 5.32 Å². The maximum atomic E-state index is 14.1. The molecule has 3 aromatic carbocycles. The number of carbonyl (C=O) groups excluding carboxylic acids is 1. The molecule has 1 aliphatic rings. The molecule has 5 nitrogen and oxygen atoms in total. The third-order valence-electron chi connectivity index (χ3n) is 5.37. The van der Waals surface area contributed by atoms with Crippen LogP contribution in [0.15, 0.2) is 66.7 Å². The first-order chi connectivity index (χ1) is 14.6. The fourth-order valence-corrected chi connectivity index (χ4v) is 3.91. The standard InChI is InChI=1S/C24H23FN2O3/c1-29-21-14-17-12-13-27(24(28)26-20-11-7-6-10-19(20)25)23(16-8-4-3-5-9-16)18(17)15-22(21)30-2/h3-11,14-15,23H,12-13H2,1-2H3,(H,26,28)/t23-/m1/s1. The zero-order valence-electron chi connectivity index (χ0n) is 16.9. The van der Waals surface area contributed by atoms with Crippen LogP contribution in [0.5, 0.6) is 11.5 Å². The average molecular weight is 406 g/mol. The number of urea groups is 1. The molecule has 0 radical (unpaired) electrons. The molecule has 3 aromatic rings. The van der Waals surface area contributed by atoms with E-state index in [9.17, 15) is 9.18 Å². The van der Waals surface area contributed by atoms with Crippen LogP contribution in [-0.2, 0) is 6.42 Å². The third-order valence-corrected chi connectivity index (χ3v) is 5.37. The van der Waals surface area contributed by atoms with Gasteiger partial charge in [-0.3, -0.25) is 0 Å². The molecule has 1 aliphatic heterocycles. The highest BCUT2D eigenvalue weighted by molar-refractivity contribution is 5.90. The van der Waals surface area contributed by atoms with Crippen LogP contribution >= 0.6 is 0 Å². The molecule has 4 rings (SSSR count). The summed E-state index contributed by atoms with van der Waals surface area (Å²) >= 11 is 0. The minimum Gasteiger partial charge on any atom is -0.493 e. The number of anilines is 1. The Bertz CT molecular complexity index is 1060. The summed E-state index contributed by atoms with van der Waals surface area (Å²) in [5.41, 5.74) is 3.19. The van der Waals surface area contributed by atoms with E-state index in [1.807, 2.05) is 42.5 Å². The van der Waals surface area contributed by atoms with Gasteiger partial charge in [-0.2, -0.15) is 0 Å². The summed E-state index contributed by atoms with van der Waals surface area (Å²) < 4.78 is 25.0. The quantitative estimate of drug-likeness (QED) is 0.662. The first-order valence-electron chi connectivity index (χ1n) is 9.74. The summed E-state index contributed by atoms with van der Waals surface area (Å²) in [6, 6.07) is 19.2. The average Bonchev–Trinajstić information content (AvgIpc) is 2.79. The van der Waals surface area contributed by atoms with Gasteiger partial charge in [0.1, 0.15) is 5.82 Å². The molecule has 0 aromatic heterocycles. The fourth-order valence-electron chi connectivity index (χ4n) is 3.91. The Labute approximate surface area is 175 Å². The Hall–Kier alpha value is -3.54. The normalized spacial score (nSPS) is 15.3. The molecule has 2 amide bonds. The number of rotatable bonds is 4. The van der Waals surface area contributed by atoms with E-state index in [-0.39, 0.29) is 17.8 Å². The number of fused-ring (bicyclic) bond motifs is 1. The Kier molecular flexibility index (Phi) is 5.57. The monoisotopic (exact) mass is 406 g/mol. The van der Waals surface area contributed by atoms with Crippen molar-refractivity contribution < 1.29 is 18.7 Å². The van der Waals surface area contributed by atoms with Crippen molar-refractivity contribution in [3.8, 4) is 11.5 Å². The van der Waals surface area contributed by atoms with Crippen LogP contribution in [0.1, 0.15) is 22.7 Å². The van der Waals surface area contributed by atoms with Crippen molar-refractivity contribution in [1.82, 2.24) is 4.90 Å². The zero-order valence-corrected chi connectivity index (χ0v) is 16.9. The van der Waals surface area contributed by atoms with Crippen LogP contribution in [0.4, 0.5) is 14.9 Å². The SMILES string of the molecule is COc1cc2c(cc1OC)[C@@H](c1ccccc1)N(C(=O)Nc1ccccc1F)CC2. The second kappa shape index (κ2) is 8.45. The number of hydrogen-bond donors (Lipinski definition) is 1. The molecule has 154 valence electrons. The number of ether oxygens (including phenoxy) is 2. The van der Waals surface area contributed by atoms with Crippen molar-refractivity contribution in [3.05, 3.63) is 89.2 Å². The second-order valence-electron chi connectivity index (χ2n) is 7.07. The molecule has 0 saturated heterocycles. The Morgan fingerprint density at radius 2 is 1.67 bits per heavy atom. The predicted molar refractivity (Wildman–Crippen MR) is 114 cm³/mol. The van der Waals surface area contributed by atoms with Crippen LogP contribution < -0.4 is 14.8 Å². The smallest absolute Gasteiger partial charge is 0.322 e. The van der Waals surface area contributed by atoms with Crippen LogP contribution in [0, 0.1) is 5.82 Å². The van der Waals surface area contributed by atoms with E-state index in [4.69, 9.17) is 9.47 Å². The molecule has 6 heteroatoms. The number of para-hydroxylation sites is 1. The van der Waals surface area contributed by atoms with Crippen molar-refractivity contribution in [2.24, 2.45) is 0 Å². The van der Waals surface area contributed by atoms with E-state index in [1.165, 1.54) is 6.07 Å². The number of methoxy groups -OCH3 is 2. The zero-order chi connectivity index (χ0) is 21.1. The lowest BCUT2D eigenvalue weighted by Crippen LogP contribution is -2.43. The van der Waals surface area contributed by atoms with Gasteiger partial charge in [-0.25, -0.2) is 9.18 Å². The van der Waals surface area contributed by atoms with Gasteiger partial charge in [0.05, 0.1) is 25.9 Å². The maximum Gasteiger partial charge on any atom is 0.322 e. The molecule has 0 unspecified atom stereocenters. The largest absolute Gasteiger partial charge is 0.493 e. The molecule has 0 aliphatic carbocycles. The summed E-state index contributed by atoms with van der Waals surface area (Å²) in [6.45, 7) is 0.488. The summed E-state index contributed by atoms with van der Waals surface area (Å²) in [6.07, 6.45) is 0.656. The number of hydrogen-bond acceptors (Lipinski definition) is 3. The number of carbonyl (C=O) groups is 1. The lowest BCUT2D eigenvalue weighted by atomic mass is 9.88. The van der Waals surface area contributed by atoms with E-state index >= 15 is 0 Å². The van der Waals surface area contributed by atoms with Crippen molar-refractivity contribution in [2.45, 2.75) is 12.5 Å². The third kappa shape index (κ3) is 3.68. The molecule has 1 atom stereocenters. The first kappa shape index (κ1) is 19.8. The molecule has 30 heavy (non-hydrogen) atoms. The summed E-state index contributed by atoms with van der Waals surface area (Å²) in [5.74, 6) is 0.798. The van der Waals surface area contributed by atoms with Gasteiger partial charge >= 0.3 is 6.03 Å². The lowest BCUT2D eigenvalue weighted by Gasteiger charge is -2.38. The molecule has 0 spiro atoms. The number of benzene rings is 3. The van der Waals surface area contributed by atoms with E-state index < -0.39 is 5.82 Å². The molecule has 0 bridgehead atoms. The molecular formula is C24H23FN2O3. The van der Waals surface area contributed by atoms with E-state index in [0.717, 1.165) is 16.7 Å². The molecule has 0 saturated carbocycles. The molecule has 0 fully saturated rings. The van der Waals surface area contributed by atoms with Gasteiger partial charge in [0.2, 0.25) is 0 Å². The van der Waals surface area contributed by atoms with Crippen molar-refractivity contribution in [2.75, 3.05) is 26.1 Å². The minimum atomic E-state index is -0.467. The van der Waals surface area contributed by atoms with E-state index in [1.54, 1.807) is 37.3 Å². The number of nitrogens with one attached hydrogen (secondary N) is 1. The molecular weight excluding hydrogens is 383 g/mol. The number of amides is 2. The van der Waals surface area contributed by atoms with Crippen LogP contribution in [0.3, 0.4) is 0 Å². The Morgan fingerprint density at radius 1 is 1.00 bits per heavy atom. The topological polar surface area (TPSA) is 50.8 Å². The van der Waals surface area contributed by atoms with Gasteiger partial charge in [-0.05, 0) is 47.4 Å². The first-order valence-corrected chi connectivity index (χ1v) is 9.74. The second-order valence-corrected chi connectivity index (χ2v) is 7.07. The number of halogens is 1. The van der Waals surface area contributed by atoms with Gasteiger partial charge in [-0.1, -0.05) is 42.5 Å². The van der Waals surface area contributed by atoms with Crippen LogP contribution in [0.2, 0.25) is 0 Å². The Morgan fingerprint density at radius 3 is 2.37 bits per heavy atom. The van der Waals surface area contributed by atoms with Crippen LogP contribution in [-0.4, -0.2) is 31.7 Å². The maximum absolute atomic E-state index is 14.1. The molecule has 1 N–H and O–H groups in total. The van der Waals surface area contributed by atoms with Crippen molar-refractivity contribution in [1.29, 1.82) is 0 Å². The highest BCUT2D eigenvalue weighted by Gasteiger charge is 2.33. The van der Waals surface area contributed by atoms with Crippen molar-refractivity contribution in [3.63, 3.8) is 0 Å². The summed E-state index contributed by atoms with van der Waals surface area (Å²) in [7, 11) is 3.20. The van der Waals surface area contributed by atoms with Crippen molar-refractivity contribution >= 4 is 11.7 Å².